The second-order valence-corrected chi connectivity index (χ2v) is 27.0. The maximum Gasteiger partial charge on any atom is 0.317 e. The number of rotatable bonds is 7. The Balaban J connectivity index is 2.85. The standard InChI is InChI=1S/C13H38O5Si6/c1-9-10-11-20(14-19)12-13-24(8)17-22(4,5)15-21(2,3)16-23(6,7)18-24/h20H,9-13H2,1-8,19H3. The summed E-state index contributed by atoms with van der Waals surface area (Å²) in [6.45, 7) is 17.2. The predicted molar refractivity (Wildman–Crippen MR) is 116 cm³/mol. The van der Waals surface area contributed by atoms with Crippen LogP contribution in [0, 0.1) is 0 Å². The predicted octanol–water partition coefficient (Wildman–Crippen LogP) is 3.06. The topological polar surface area (TPSA) is 46.2 Å². The first-order valence-corrected chi connectivity index (χ1v) is 23.0. The minimum absolute atomic E-state index is 0.850. The Labute approximate surface area is 158 Å². The van der Waals surface area contributed by atoms with Crippen molar-refractivity contribution < 1.29 is 20.6 Å². The van der Waals surface area contributed by atoms with E-state index in [9.17, 15) is 0 Å². The van der Waals surface area contributed by atoms with Crippen molar-refractivity contribution in [1.82, 2.24) is 0 Å². The molecule has 1 unspecified atom stereocenters. The second kappa shape index (κ2) is 8.86. The van der Waals surface area contributed by atoms with E-state index in [4.69, 9.17) is 20.6 Å². The molecular weight excluding hydrogens is 405 g/mol. The molecule has 1 atom stereocenters. The summed E-state index contributed by atoms with van der Waals surface area (Å²) in [5, 5.41) is 0. The summed E-state index contributed by atoms with van der Waals surface area (Å²) >= 11 is 0. The van der Waals surface area contributed by atoms with Crippen LogP contribution in [0.5, 0.6) is 0 Å². The Hall–Kier alpha value is 1.10. The molecule has 1 saturated heterocycles. The van der Waals surface area contributed by atoms with Crippen LogP contribution in [0.25, 0.3) is 0 Å². The van der Waals surface area contributed by atoms with Crippen molar-refractivity contribution in [2.24, 2.45) is 0 Å². The average molecular weight is 443 g/mol. The fourth-order valence-corrected chi connectivity index (χ4v) is 30.8. The van der Waals surface area contributed by atoms with Gasteiger partial charge in [-0.25, -0.2) is 0 Å². The molecule has 0 aromatic carbocycles. The fourth-order valence-electron chi connectivity index (χ4n) is 3.64. The first kappa shape index (κ1) is 23.1. The molecule has 144 valence electrons. The average Bonchev–Trinajstić information content (AvgIpc) is 2.32. The highest BCUT2D eigenvalue weighted by Gasteiger charge is 2.52. The van der Waals surface area contributed by atoms with Crippen LogP contribution in [-0.2, 0) is 20.6 Å². The van der Waals surface area contributed by atoms with Crippen molar-refractivity contribution in [2.45, 2.75) is 83.7 Å². The second-order valence-electron chi connectivity index (χ2n) is 8.28. The minimum atomic E-state index is -2.30. The van der Waals surface area contributed by atoms with Crippen LogP contribution in [0.3, 0.4) is 0 Å². The third-order valence-corrected chi connectivity index (χ3v) is 25.7. The lowest BCUT2D eigenvalue weighted by Gasteiger charge is -2.47. The number of hydrogen-bond acceptors (Lipinski definition) is 5. The van der Waals surface area contributed by atoms with Crippen LogP contribution in [0.15, 0.2) is 0 Å². The highest BCUT2D eigenvalue weighted by Crippen LogP contribution is 2.33. The summed E-state index contributed by atoms with van der Waals surface area (Å²) in [6.07, 6.45) is 2.53. The fraction of sp³-hybridized carbons (Fsp3) is 1.00. The lowest BCUT2D eigenvalue weighted by molar-refractivity contribution is 0.235. The van der Waals surface area contributed by atoms with Crippen LogP contribution >= 0.6 is 0 Å². The van der Waals surface area contributed by atoms with Crippen LogP contribution in [0.4, 0.5) is 0 Å². The van der Waals surface area contributed by atoms with Gasteiger partial charge >= 0.3 is 34.2 Å². The van der Waals surface area contributed by atoms with Crippen molar-refractivity contribution in [2.75, 3.05) is 0 Å². The molecule has 0 aromatic heterocycles. The first-order valence-electron chi connectivity index (χ1n) is 9.15. The van der Waals surface area contributed by atoms with Crippen LogP contribution in [0.2, 0.25) is 64.0 Å². The third kappa shape index (κ3) is 8.20. The van der Waals surface area contributed by atoms with E-state index in [2.05, 4.69) is 52.8 Å². The normalized spacial score (nSPS) is 26.5. The molecule has 5 nitrogen and oxygen atoms in total. The molecule has 0 amide bonds. The van der Waals surface area contributed by atoms with Crippen molar-refractivity contribution in [3.63, 3.8) is 0 Å². The molecule has 0 saturated carbocycles. The summed E-state index contributed by atoms with van der Waals surface area (Å²) < 4.78 is 32.0. The van der Waals surface area contributed by atoms with Gasteiger partial charge in [0.25, 0.3) is 0 Å². The van der Waals surface area contributed by atoms with Gasteiger partial charge in [0.05, 0.1) is 0 Å². The zero-order valence-corrected chi connectivity index (χ0v) is 24.3. The van der Waals surface area contributed by atoms with Gasteiger partial charge < -0.3 is 20.6 Å². The molecule has 0 bridgehead atoms. The Morgan fingerprint density at radius 2 is 1.25 bits per heavy atom. The summed E-state index contributed by atoms with van der Waals surface area (Å²) in [5.41, 5.74) is 0. The maximum absolute atomic E-state index is 6.64. The molecule has 1 fully saturated rings. The minimum Gasteiger partial charge on any atom is -0.465 e. The van der Waals surface area contributed by atoms with E-state index in [1.807, 2.05) is 0 Å². The van der Waals surface area contributed by atoms with Gasteiger partial charge in [0.1, 0.15) is 10.5 Å². The summed E-state index contributed by atoms with van der Waals surface area (Å²) in [7, 11) is -9.20. The van der Waals surface area contributed by atoms with Crippen LogP contribution in [0.1, 0.15) is 19.8 Å². The van der Waals surface area contributed by atoms with Crippen molar-refractivity contribution in [3.05, 3.63) is 0 Å². The van der Waals surface area contributed by atoms with E-state index in [-0.39, 0.29) is 0 Å². The Morgan fingerprint density at radius 1 is 0.792 bits per heavy atom. The van der Waals surface area contributed by atoms with Crippen LogP contribution < -0.4 is 0 Å². The molecule has 0 aliphatic carbocycles. The smallest absolute Gasteiger partial charge is 0.317 e. The lowest BCUT2D eigenvalue weighted by Crippen LogP contribution is -2.65. The van der Waals surface area contributed by atoms with Gasteiger partial charge in [-0.3, -0.25) is 0 Å². The number of unbranched alkanes of at least 4 members (excludes halogenated alkanes) is 1. The molecule has 11 heteroatoms. The summed E-state index contributed by atoms with van der Waals surface area (Å²) in [5.74, 6) is 0. The van der Waals surface area contributed by atoms with Gasteiger partial charge in [0, 0.05) is 0 Å². The molecule has 1 aliphatic rings. The SMILES string of the molecule is CCCC[SiH](CC[Si]1(C)O[Si](C)(C)O[Si](C)(C)O[Si](C)(C)O1)O[SiH3]. The number of hydrogen-bond donors (Lipinski definition) is 0. The molecule has 0 spiro atoms. The highest BCUT2D eigenvalue weighted by atomic mass is 28.5. The van der Waals surface area contributed by atoms with Gasteiger partial charge in [-0.15, -0.1) is 0 Å². The quantitative estimate of drug-likeness (QED) is 0.567. The monoisotopic (exact) mass is 442 g/mol. The zero-order chi connectivity index (χ0) is 18.6. The lowest BCUT2D eigenvalue weighted by atomic mass is 10.4. The van der Waals surface area contributed by atoms with Gasteiger partial charge in [0.15, 0.2) is 9.04 Å². The van der Waals surface area contributed by atoms with Crippen LogP contribution in [-0.4, -0.2) is 53.8 Å². The Bertz CT molecular complexity index is 384. The van der Waals surface area contributed by atoms with Crippen molar-refractivity contribution in [1.29, 1.82) is 0 Å². The van der Waals surface area contributed by atoms with E-state index >= 15 is 0 Å². The van der Waals surface area contributed by atoms with E-state index in [1.54, 1.807) is 0 Å². The van der Waals surface area contributed by atoms with Gasteiger partial charge in [-0.2, -0.15) is 0 Å². The van der Waals surface area contributed by atoms with E-state index in [0.717, 1.165) is 22.6 Å². The van der Waals surface area contributed by atoms with Gasteiger partial charge in [-0.05, 0) is 64.0 Å². The first-order chi connectivity index (χ1) is 10.8. The Morgan fingerprint density at radius 3 is 1.67 bits per heavy atom. The third-order valence-electron chi connectivity index (χ3n) is 4.04. The molecule has 24 heavy (non-hydrogen) atoms. The Kier molecular flexibility index (Phi) is 8.54. The molecule has 0 radical (unpaired) electrons. The largest absolute Gasteiger partial charge is 0.465 e. The molecular formula is C13H38O5Si6. The van der Waals surface area contributed by atoms with E-state index < -0.39 is 43.3 Å². The molecule has 1 heterocycles. The summed E-state index contributed by atoms with van der Waals surface area (Å²) in [4.78, 5) is 0. The zero-order valence-electron chi connectivity index (χ0n) is 17.2. The molecule has 0 aromatic rings. The van der Waals surface area contributed by atoms with E-state index in [1.165, 1.54) is 18.9 Å². The molecule has 1 rings (SSSR count). The molecule has 1 aliphatic heterocycles. The summed E-state index contributed by atoms with van der Waals surface area (Å²) in [6, 6.07) is 3.44. The molecule has 0 N–H and O–H groups in total. The van der Waals surface area contributed by atoms with Gasteiger partial charge in [0.2, 0.25) is 0 Å². The maximum atomic E-state index is 6.64. The van der Waals surface area contributed by atoms with Gasteiger partial charge in [-0.1, -0.05) is 19.8 Å². The van der Waals surface area contributed by atoms with Crippen molar-refractivity contribution >= 4 is 53.8 Å². The van der Waals surface area contributed by atoms with E-state index in [0.29, 0.717) is 0 Å². The van der Waals surface area contributed by atoms with Crippen molar-refractivity contribution in [3.8, 4) is 0 Å². The highest BCUT2D eigenvalue weighted by molar-refractivity contribution is 6.93.